The summed E-state index contributed by atoms with van der Waals surface area (Å²) in [6, 6.07) is 0. The molecular formula is C14H32ClNO2. The molecule has 0 spiro atoms. The van der Waals surface area contributed by atoms with Crippen LogP contribution in [-0.2, 0) is 0 Å². The number of unbranched alkanes of at least 4 members (excludes halogenated alkanes) is 7. The number of aliphatic hydroxyl groups is 2. The van der Waals surface area contributed by atoms with Crippen molar-refractivity contribution >= 4 is 0 Å². The quantitative estimate of drug-likeness (QED) is 0.342. The molecule has 0 aliphatic carbocycles. The fourth-order valence-electron chi connectivity index (χ4n) is 2.20. The molecule has 0 fully saturated rings. The minimum absolute atomic E-state index is 0. The normalized spacial score (nSPS) is 10.7. The molecule has 0 aliphatic heterocycles. The van der Waals surface area contributed by atoms with Crippen molar-refractivity contribution in [3.05, 3.63) is 0 Å². The van der Waals surface area contributed by atoms with Crippen LogP contribution in [0.1, 0.15) is 58.3 Å². The van der Waals surface area contributed by atoms with E-state index < -0.39 is 0 Å². The first kappa shape index (κ1) is 20.5. The van der Waals surface area contributed by atoms with Gasteiger partial charge in [-0.15, -0.1) is 0 Å². The third-order valence-corrected chi connectivity index (χ3v) is 3.31. The van der Waals surface area contributed by atoms with Gasteiger partial charge in [-0.1, -0.05) is 45.4 Å². The Labute approximate surface area is 119 Å². The van der Waals surface area contributed by atoms with E-state index in [2.05, 4.69) is 6.92 Å². The minimum atomic E-state index is 0. The molecule has 0 unspecified atom stereocenters. The average molecular weight is 282 g/mol. The zero-order valence-electron chi connectivity index (χ0n) is 12.0. The smallest absolute Gasteiger partial charge is 0.101 e. The lowest BCUT2D eigenvalue weighted by atomic mass is 10.1. The van der Waals surface area contributed by atoms with Gasteiger partial charge in [-0.25, -0.2) is 0 Å². The molecule has 0 heterocycles. The molecule has 0 bridgehead atoms. The second-order valence-electron chi connectivity index (χ2n) is 4.92. The van der Waals surface area contributed by atoms with Crippen molar-refractivity contribution in [2.45, 2.75) is 58.3 Å². The summed E-state index contributed by atoms with van der Waals surface area (Å²) in [6.45, 7) is 5.35. The Bertz CT molecular complexity index is 142. The van der Waals surface area contributed by atoms with E-state index in [1.54, 1.807) is 0 Å². The van der Waals surface area contributed by atoms with Gasteiger partial charge in [-0.05, 0) is 12.8 Å². The maximum atomic E-state index is 8.88. The second kappa shape index (κ2) is 17.2. The maximum absolute atomic E-state index is 8.88. The van der Waals surface area contributed by atoms with Gasteiger partial charge in [0.25, 0.3) is 0 Å². The molecular weight excluding hydrogens is 250 g/mol. The van der Waals surface area contributed by atoms with Crippen LogP contribution in [0.4, 0.5) is 0 Å². The molecule has 0 aliphatic rings. The molecule has 18 heavy (non-hydrogen) atoms. The molecule has 3 nitrogen and oxygen atoms in total. The van der Waals surface area contributed by atoms with E-state index in [0.29, 0.717) is 0 Å². The van der Waals surface area contributed by atoms with Crippen molar-refractivity contribution in [3.63, 3.8) is 0 Å². The number of nitrogens with one attached hydrogen (secondary N) is 1. The first-order valence-electron chi connectivity index (χ1n) is 7.40. The molecule has 0 rings (SSSR count). The Balaban J connectivity index is 0. The van der Waals surface area contributed by atoms with Gasteiger partial charge in [0.15, 0.2) is 0 Å². The Hall–Kier alpha value is 0.170. The van der Waals surface area contributed by atoms with Crippen LogP contribution in [0.2, 0.25) is 0 Å². The SMILES string of the molecule is CCCCCCCCCC[NH+](CCO)CCO.[Cl-]. The summed E-state index contributed by atoms with van der Waals surface area (Å²) in [5.41, 5.74) is 0. The van der Waals surface area contributed by atoms with Gasteiger partial charge < -0.3 is 27.5 Å². The first-order chi connectivity index (χ1) is 8.35. The summed E-state index contributed by atoms with van der Waals surface area (Å²) in [6.07, 6.45) is 10.7. The summed E-state index contributed by atoms with van der Waals surface area (Å²) in [5.74, 6) is 0. The summed E-state index contributed by atoms with van der Waals surface area (Å²) in [7, 11) is 0. The third-order valence-electron chi connectivity index (χ3n) is 3.31. The van der Waals surface area contributed by atoms with E-state index >= 15 is 0 Å². The number of hydrogen-bond acceptors (Lipinski definition) is 2. The molecule has 0 saturated carbocycles. The molecule has 3 N–H and O–H groups in total. The average Bonchev–Trinajstić information content (AvgIpc) is 2.33. The van der Waals surface area contributed by atoms with Crippen LogP contribution in [0.15, 0.2) is 0 Å². The molecule has 4 heteroatoms. The minimum Gasteiger partial charge on any atom is -1.00 e. The van der Waals surface area contributed by atoms with Gasteiger partial charge >= 0.3 is 0 Å². The Morgan fingerprint density at radius 3 is 1.56 bits per heavy atom. The highest BCUT2D eigenvalue weighted by Crippen LogP contribution is 2.07. The monoisotopic (exact) mass is 281 g/mol. The molecule has 0 aromatic rings. The van der Waals surface area contributed by atoms with Crippen molar-refractivity contribution in [2.24, 2.45) is 0 Å². The van der Waals surface area contributed by atoms with Gasteiger partial charge in [0.2, 0.25) is 0 Å². The van der Waals surface area contributed by atoms with Crippen LogP contribution in [0.25, 0.3) is 0 Å². The third kappa shape index (κ3) is 14.2. The van der Waals surface area contributed by atoms with E-state index in [9.17, 15) is 0 Å². The highest BCUT2D eigenvalue weighted by atomic mass is 35.5. The number of hydrogen-bond donors (Lipinski definition) is 3. The van der Waals surface area contributed by atoms with Crippen molar-refractivity contribution in [1.82, 2.24) is 0 Å². The second-order valence-corrected chi connectivity index (χ2v) is 4.92. The number of rotatable bonds is 13. The molecule has 0 atom stereocenters. The van der Waals surface area contributed by atoms with Crippen LogP contribution in [0.3, 0.4) is 0 Å². The highest BCUT2D eigenvalue weighted by Gasteiger charge is 2.05. The lowest BCUT2D eigenvalue weighted by Crippen LogP contribution is -3.13. The molecule has 0 amide bonds. The van der Waals surface area contributed by atoms with Gasteiger partial charge in [0.05, 0.1) is 19.8 Å². The van der Waals surface area contributed by atoms with E-state index in [1.165, 1.54) is 56.3 Å². The molecule has 112 valence electrons. The van der Waals surface area contributed by atoms with Crippen LogP contribution < -0.4 is 17.3 Å². The summed E-state index contributed by atoms with van der Waals surface area (Å²) in [5, 5.41) is 17.8. The standard InChI is InChI=1S/C14H31NO2.ClH/c1-2-3-4-5-6-7-8-9-10-15(11-13-16)12-14-17;/h16-17H,2-14H2,1H3;1H. The van der Waals surface area contributed by atoms with Gasteiger partial charge in [-0.3, -0.25) is 0 Å². The van der Waals surface area contributed by atoms with Gasteiger partial charge in [0, 0.05) is 0 Å². The number of halogens is 1. The van der Waals surface area contributed by atoms with Crippen LogP contribution >= 0.6 is 0 Å². The van der Waals surface area contributed by atoms with Crippen molar-refractivity contribution in [2.75, 3.05) is 32.8 Å². The van der Waals surface area contributed by atoms with E-state index in [1.807, 2.05) is 0 Å². The van der Waals surface area contributed by atoms with Crippen molar-refractivity contribution in [3.8, 4) is 0 Å². The lowest BCUT2D eigenvalue weighted by molar-refractivity contribution is -0.901. The Morgan fingerprint density at radius 1 is 0.667 bits per heavy atom. The van der Waals surface area contributed by atoms with Crippen molar-refractivity contribution in [1.29, 1.82) is 0 Å². The number of aliphatic hydroxyl groups excluding tert-OH is 2. The Morgan fingerprint density at radius 2 is 1.11 bits per heavy atom. The molecule has 0 aromatic carbocycles. The summed E-state index contributed by atoms with van der Waals surface area (Å²) >= 11 is 0. The van der Waals surface area contributed by atoms with Crippen molar-refractivity contribution < 1.29 is 27.5 Å². The summed E-state index contributed by atoms with van der Waals surface area (Å²) < 4.78 is 0. The predicted octanol–water partition coefficient (Wildman–Crippen LogP) is -2.00. The highest BCUT2D eigenvalue weighted by molar-refractivity contribution is 4.45. The van der Waals surface area contributed by atoms with Crippen LogP contribution in [-0.4, -0.2) is 43.1 Å². The maximum Gasteiger partial charge on any atom is 0.101 e. The predicted molar refractivity (Wildman–Crippen MR) is 72.3 cm³/mol. The Kier molecular flexibility index (Phi) is 19.5. The molecule has 0 saturated heterocycles. The van der Waals surface area contributed by atoms with E-state index in [4.69, 9.17) is 10.2 Å². The van der Waals surface area contributed by atoms with E-state index in [0.717, 1.165) is 19.6 Å². The molecule has 0 aromatic heterocycles. The van der Waals surface area contributed by atoms with Gasteiger partial charge in [0.1, 0.15) is 13.1 Å². The fraction of sp³-hybridized carbons (Fsp3) is 1.00. The zero-order chi connectivity index (χ0) is 12.8. The zero-order valence-corrected chi connectivity index (χ0v) is 12.7. The van der Waals surface area contributed by atoms with Crippen LogP contribution in [0, 0.1) is 0 Å². The largest absolute Gasteiger partial charge is 1.00 e. The fourth-order valence-corrected chi connectivity index (χ4v) is 2.20. The first-order valence-corrected chi connectivity index (χ1v) is 7.40. The number of quaternary nitrogens is 1. The van der Waals surface area contributed by atoms with Gasteiger partial charge in [-0.2, -0.15) is 0 Å². The molecule has 0 radical (unpaired) electrons. The lowest BCUT2D eigenvalue weighted by Gasteiger charge is -2.17. The van der Waals surface area contributed by atoms with E-state index in [-0.39, 0.29) is 25.6 Å². The topological polar surface area (TPSA) is 44.9 Å². The summed E-state index contributed by atoms with van der Waals surface area (Å²) in [4.78, 5) is 1.33. The van der Waals surface area contributed by atoms with Crippen LogP contribution in [0.5, 0.6) is 0 Å².